The van der Waals surface area contributed by atoms with E-state index < -0.39 is 0 Å². The Bertz CT molecular complexity index is 75.3. The van der Waals surface area contributed by atoms with Crippen LogP contribution in [0.2, 0.25) is 0 Å². The standard InChI is InChI=1S/C6H15N.2CN.Ni/c1-4-7(5-2)6-3;2*1-2;/h4-6H2,1-3H3;;;/q;2*-1;+2. The second-order valence-electron chi connectivity index (χ2n) is 1.62. The molecule has 12 heavy (non-hydrogen) atoms. The van der Waals surface area contributed by atoms with E-state index in [4.69, 9.17) is 23.7 Å². The second kappa shape index (κ2) is 31.4. The van der Waals surface area contributed by atoms with E-state index in [9.17, 15) is 0 Å². The monoisotopic (exact) mass is 211 g/mol. The fourth-order valence-corrected chi connectivity index (χ4v) is 0.671. The van der Waals surface area contributed by atoms with Crippen molar-refractivity contribution in [3.8, 4) is 0 Å². The Morgan fingerprint density at radius 3 is 1.00 bits per heavy atom. The summed E-state index contributed by atoms with van der Waals surface area (Å²) in [6, 6.07) is 0. The molecule has 0 heterocycles. The summed E-state index contributed by atoms with van der Waals surface area (Å²) in [7, 11) is 0. The van der Waals surface area contributed by atoms with Crippen molar-refractivity contribution in [2.75, 3.05) is 19.6 Å². The summed E-state index contributed by atoms with van der Waals surface area (Å²) in [6.45, 7) is 19.6. The van der Waals surface area contributed by atoms with Gasteiger partial charge in [-0.2, -0.15) is 0 Å². The molecule has 4 heteroatoms. The quantitative estimate of drug-likeness (QED) is 0.526. The molecule has 0 radical (unpaired) electrons. The topological polar surface area (TPSA) is 50.8 Å². The SMILES string of the molecule is CCN(CC)CC.[C-]#N.[C-]#N.[Ni+2]. The van der Waals surface area contributed by atoms with Crippen LogP contribution in [0.5, 0.6) is 0 Å². The van der Waals surface area contributed by atoms with Crippen LogP contribution in [-0.4, -0.2) is 24.5 Å². The van der Waals surface area contributed by atoms with Crippen LogP contribution >= 0.6 is 0 Å². The molecule has 0 N–H and O–H groups in total. The normalized spacial score (nSPS) is 6.33. The molecule has 0 amide bonds. The van der Waals surface area contributed by atoms with Crippen molar-refractivity contribution in [1.29, 1.82) is 10.5 Å². The van der Waals surface area contributed by atoms with Crippen LogP contribution < -0.4 is 0 Å². The minimum atomic E-state index is 0. The van der Waals surface area contributed by atoms with Gasteiger partial charge in [-0.15, -0.1) is 0 Å². The van der Waals surface area contributed by atoms with Gasteiger partial charge in [0, 0.05) is 0 Å². The van der Waals surface area contributed by atoms with Crippen molar-refractivity contribution in [3.05, 3.63) is 13.1 Å². The maximum atomic E-state index is 6.25. The van der Waals surface area contributed by atoms with Crippen LogP contribution in [-0.2, 0) is 16.5 Å². The van der Waals surface area contributed by atoms with Gasteiger partial charge in [0.15, 0.2) is 0 Å². The molecule has 0 aliphatic heterocycles. The Balaban J connectivity index is -0.0000000560. The van der Waals surface area contributed by atoms with Crippen molar-refractivity contribution in [2.24, 2.45) is 0 Å². The Morgan fingerprint density at radius 1 is 0.833 bits per heavy atom. The Morgan fingerprint density at radius 2 is 1.00 bits per heavy atom. The molecule has 0 aromatic heterocycles. The van der Waals surface area contributed by atoms with Gasteiger partial charge in [-0.3, -0.25) is 0 Å². The summed E-state index contributed by atoms with van der Waals surface area (Å²) < 4.78 is 0. The minimum absolute atomic E-state index is 0. The summed E-state index contributed by atoms with van der Waals surface area (Å²) in [6.07, 6.45) is 0. The van der Waals surface area contributed by atoms with Crippen molar-refractivity contribution in [3.63, 3.8) is 0 Å². The maximum absolute atomic E-state index is 6.25. The van der Waals surface area contributed by atoms with Crippen LogP contribution in [0.1, 0.15) is 20.8 Å². The van der Waals surface area contributed by atoms with Crippen molar-refractivity contribution < 1.29 is 16.5 Å². The third-order valence-corrected chi connectivity index (χ3v) is 1.34. The second-order valence-corrected chi connectivity index (χ2v) is 1.62. The smallest absolute Gasteiger partial charge is 0.512 e. The molecular weight excluding hydrogens is 197 g/mol. The molecule has 0 spiro atoms. The van der Waals surface area contributed by atoms with Gasteiger partial charge < -0.3 is 28.6 Å². The molecule has 0 aliphatic carbocycles. The summed E-state index contributed by atoms with van der Waals surface area (Å²) in [4.78, 5) is 2.38. The third-order valence-electron chi connectivity index (χ3n) is 1.34. The van der Waals surface area contributed by atoms with E-state index in [1.54, 1.807) is 0 Å². The molecule has 0 fully saturated rings. The summed E-state index contributed by atoms with van der Waals surface area (Å²) in [5.74, 6) is 0. The van der Waals surface area contributed by atoms with Crippen molar-refractivity contribution in [1.82, 2.24) is 4.90 Å². The zero-order valence-corrected chi connectivity index (χ0v) is 8.77. The predicted molar refractivity (Wildman–Crippen MR) is 43.4 cm³/mol. The molecule has 0 aromatic rings. The van der Waals surface area contributed by atoms with E-state index in [1.165, 1.54) is 19.6 Å². The van der Waals surface area contributed by atoms with Gasteiger partial charge in [-0.25, -0.2) is 0 Å². The van der Waals surface area contributed by atoms with E-state index in [2.05, 4.69) is 25.7 Å². The number of hydrogen-bond acceptors (Lipinski definition) is 3. The first-order valence-corrected chi connectivity index (χ1v) is 3.52. The van der Waals surface area contributed by atoms with E-state index in [0.717, 1.165) is 0 Å². The van der Waals surface area contributed by atoms with Gasteiger partial charge in [0.25, 0.3) is 0 Å². The molecule has 72 valence electrons. The fraction of sp³-hybridized carbons (Fsp3) is 0.750. The van der Waals surface area contributed by atoms with Crippen LogP contribution in [0.15, 0.2) is 0 Å². The number of nitrogens with zero attached hydrogens (tertiary/aromatic N) is 3. The Hall–Kier alpha value is -0.566. The third kappa shape index (κ3) is 22.7. The molecular formula is C8H15N3Ni. The van der Waals surface area contributed by atoms with Gasteiger partial charge in [0.1, 0.15) is 0 Å². The molecule has 0 unspecified atom stereocenters. The Kier molecular flexibility index (Phi) is 59.0. The molecule has 0 saturated carbocycles. The molecule has 0 aliphatic rings. The van der Waals surface area contributed by atoms with Gasteiger partial charge in [-0.05, 0) is 19.6 Å². The van der Waals surface area contributed by atoms with E-state index in [0.29, 0.717) is 0 Å². The van der Waals surface area contributed by atoms with Crippen molar-refractivity contribution in [2.45, 2.75) is 20.8 Å². The molecule has 0 rings (SSSR count). The maximum Gasteiger partial charge on any atom is 2.00 e. The van der Waals surface area contributed by atoms with Gasteiger partial charge >= 0.3 is 16.5 Å². The largest absolute Gasteiger partial charge is 2.00 e. The van der Waals surface area contributed by atoms with Gasteiger partial charge in [-0.1, -0.05) is 20.8 Å². The first-order valence-electron chi connectivity index (χ1n) is 3.52. The van der Waals surface area contributed by atoms with Crippen molar-refractivity contribution >= 4 is 0 Å². The molecule has 0 aromatic carbocycles. The van der Waals surface area contributed by atoms with E-state index >= 15 is 0 Å². The van der Waals surface area contributed by atoms with Gasteiger partial charge in [0.2, 0.25) is 0 Å². The predicted octanol–water partition coefficient (Wildman–Crippen LogP) is 1.54. The summed E-state index contributed by atoms with van der Waals surface area (Å²) in [5, 5.41) is 12.5. The molecule has 3 nitrogen and oxygen atoms in total. The molecule has 0 atom stereocenters. The zero-order valence-electron chi connectivity index (χ0n) is 7.78. The van der Waals surface area contributed by atoms with Crippen LogP contribution in [0, 0.1) is 23.7 Å². The molecule has 0 saturated heterocycles. The van der Waals surface area contributed by atoms with Crippen LogP contribution in [0.3, 0.4) is 0 Å². The Labute approximate surface area is 85.9 Å². The van der Waals surface area contributed by atoms with E-state index in [1.807, 2.05) is 0 Å². The summed E-state index contributed by atoms with van der Waals surface area (Å²) in [5.41, 5.74) is 0. The van der Waals surface area contributed by atoms with E-state index in [-0.39, 0.29) is 16.5 Å². The first-order chi connectivity index (χ1) is 5.35. The average molecular weight is 212 g/mol. The zero-order chi connectivity index (χ0) is 9.70. The van der Waals surface area contributed by atoms with Gasteiger partial charge in [0.05, 0.1) is 0 Å². The fourth-order valence-electron chi connectivity index (χ4n) is 0.671. The average Bonchev–Trinajstić information content (AvgIpc) is 2.14. The minimum Gasteiger partial charge on any atom is -0.512 e. The number of rotatable bonds is 3. The summed E-state index contributed by atoms with van der Waals surface area (Å²) >= 11 is 0. The molecule has 0 bridgehead atoms. The number of hydrogen-bond donors (Lipinski definition) is 0. The van der Waals surface area contributed by atoms with Crippen LogP contribution in [0.25, 0.3) is 0 Å². The van der Waals surface area contributed by atoms with Crippen LogP contribution in [0.4, 0.5) is 0 Å². The first kappa shape index (κ1) is 22.5.